The third kappa shape index (κ3) is 2.99. The van der Waals surface area contributed by atoms with Crippen molar-refractivity contribution in [2.45, 2.75) is 17.4 Å². The number of aromatic nitrogens is 2. The number of carbonyl (C=O) groups excluding carboxylic acids is 2. The number of ether oxygens (including phenoxy) is 2. The zero-order chi connectivity index (χ0) is 17.1. The number of benzene rings is 1. The highest BCUT2D eigenvalue weighted by Gasteiger charge is 2.36. The first kappa shape index (κ1) is 16.4. The van der Waals surface area contributed by atoms with E-state index in [9.17, 15) is 9.59 Å². The number of thioether (sulfide) groups is 1. The van der Waals surface area contributed by atoms with Gasteiger partial charge in [0.1, 0.15) is 5.03 Å². The van der Waals surface area contributed by atoms with Gasteiger partial charge in [0, 0.05) is 16.9 Å². The Morgan fingerprint density at radius 3 is 2.38 bits per heavy atom. The molecule has 1 aliphatic heterocycles. The van der Waals surface area contributed by atoms with Crippen molar-refractivity contribution >= 4 is 23.7 Å². The van der Waals surface area contributed by atoms with Crippen molar-refractivity contribution in [3.05, 3.63) is 41.6 Å². The molecule has 0 unspecified atom stereocenters. The summed E-state index contributed by atoms with van der Waals surface area (Å²) >= 11 is 1.59. The van der Waals surface area contributed by atoms with E-state index in [1.807, 2.05) is 30.3 Å². The number of methoxy groups -OCH3 is 2. The molecule has 0 saturated carbocycles. The summed E-state index contributed by atoms with van der Waals surface area (Å²) in [4.78, 5) is 33.5. The van der Waals surface area contributed by atoms with Crippen molar-refractivity contribution < 1.29 is 19.1 Å². The summed E-state index contributed by atoms with van der Waals surface area (Å²) < 4.78 is 9.58. The molecule has 6 nitrogen and oxygen atoms in total. The van der Waals surface area contributed by atoms with Crippen LogP contribution in [0.25, 0.3) is 11.4 Å². The number of nitrogens with zero attached hydrogens (tertiary/aromatic N) is 2. The maximum Gasteiger partial charge on any atom is 0.326 e. The highest BCUT2D eigenvalue weighted by atomic mass is 32.2. The van der Waals surface area contributed by atoms with Gasteiger partial charge >= 0.3 is 11.9 Å². The van der Waals surface area contributed by atoms with Crippen molar-refractivity contribution in [2.75, 3.05) is 20.0 Å². The minimum atomic E-state index is -1.20. The third-order valence-electron chi connectivity index (χ3n) is 3.77. The van der Waals surface area contributed by atoms with Crippen LogP contribution >= 0.6 is 11.8 Å². The van der Waals surface area contributed by atoms with E-state index in [0.29, 0.717) is 17.9 Å². The number of esters is 2. The normalized spacial score (nSPS) is 12.8. The molecule has 1 aliphatic rings. The van der Waals surface area contributed by atoms with Crippen molar-refractivity contribution in [2.24, 2.45) is 0 Å². The molecule has 0 bridgehead atoms. The lowest BCUT2D eigenvalue weighted by atomic mass is 9.99. The lowest BCUT2D eigenvalue weighted by molar-refractivity contribution is -0.154. The minimum absolute atomic E-state index is 0.377. The largest absolute Gasteiger partial charge is 0.468 e. The lowest BCUT2D eigenvalue weighted by Crippen LogP contribution is -2.27. The molecule has 7 heteroatoms. The summed E-state index contributed by atoms with van der Waals surface area (Å²) in [7, 11) is 2.49. The molecule has 0 fully saturated rings. The van der Waals surface area contributed by atoms with Crippen molar-refractivity contribution in [1.29, 1.82) is 0 Å². The van der Waals surface area contributed by atoms with Crippen LogP contribution in [0, 0.1) is 0 Å². The van der Waals surface area contributed by atoms with Crippen molar-refractivity contribution in [3.63, 3.8) is 0 Å². The predicted octanol–water partition coefficient (Wildman–Crippen LogP) is 2.22. The van der Waals surface area contributed by atoms with Crippen LogP contribution in [-0.2, 0) is 25.5 Å². The fourth-order valence-corrected chi connectivity index (χ4v) is 3.63. The zero-order valence-electron chi connectivity index (χ0n) is 13.3. The number of fused-ring (bicyclic) bond motifs is 1. The van der Waals surface area contributed by atoms with Gasteiger partial charge in [-0.1, -0.05) is 30.3 Å². The van der Waals surface area contributed by atoms with Crippen molar-refractivity contribution in [1.82, 2.24) is 9.97 Å². The van der Waals surface area contributed by atoms with Crippen molar-refractivity contribution in [3.8, 4) is 11.4 Å². The zero-order valence-corrected chi connectivity index (χ0v) is 14.1. The van der Waals surface area contributed by atoms with Gasteiger partial charge in [0.25, 0.3) is 0 Å². The standard InChI is InChI=1S/C17H16N2O4S/c1-22-16(20)12(17(21)23-2)13-11-8-9-24-15(11)19-14(18-13)10-6-4-3-5-7-10/h3-7,12H,8-9H2,1-2H3. The van der Waals surface area contributed by atoms with E-state index in [1.54, 1.807) is 11.8 Å². The first-order valence-electron chi connectivity index (χ1n) is 7.40. The number of hydrogen-bond acceptors (Lipinski definition) is 7. The molecule has 1 aromatic carbocycles. The smallest absolute Gasteiger partial charge is 0.326 e. The first-order chi connectivity index (χ1) is 11.7. The second-order valence-electron chi connectivity index (χ2n) is 5.16. The highest BCUT2D eigenvalue weighted by Crippen LogP contribution is 2.36. The quantitative estimate of drug-likeness (QED) is 0.478. The molecule has 0 aliphatic carbocycles. The number of rotatable bonds is 4. The first-order valence-corrected chi connectivity index (χ1v) is 8.39. The molecular formula is C17H16N2O4S. The summed E-state index contributed by atoms with van der Waals surface area (Å²) in [5, 5.41) is 0.802. The fraction of sp³-hybridized carbons (Fsp3) is 0.294. The Morgan fingerprint density at radius 2 is 1.75 bits per heavy atom. The average Bonchev–Trinajstić information content (AvgIpc) is 3.10. The maximum atomic E-state index is 12.2. The molecule has 0 spiro atoms. The van der Waals surface area contributed by atoms with Gasteiger partial charge in [-0.2, -0.15) is 0 Å². The molecule has 0 radical (unpaired) electrons. The predicted molar refractivity (Wildman–Crippen MR) is 88.7 cm³/mol. The van der Waals surface area contributed by atoms with Crippen LogP contribution in [-0.4, -0.2) is 41.9 Å². The molecule has 2 heterocycles. The van der Waals surface area contributed by atoms with E-state index in [0.717, 1.165) is 21.9 Å². The van der Waals surface area contributed by atoms with E-state index in [1.165, 1.54) is 14.2 Å². The van der Waals surface area contributed by atoms with E-state index in [4.69, 9.17) is 9.47 Å². The minimum Gasteiger partial charge on any atom is -0.468 e. The number of hydrogen-bond donors (Lipinski definition) is 0. The molecule has 24 heavy (non-hydrogen) atoms. The fourth-order valence-electron chi connectivity index (χ4n) is 2.59. The Balaban J connectivity index is 2.17. The van der Waals surface area contributed by atoms with Crippen LogP contribution in [0.1, 0.15) is 17.2 Å². The van der Waals surface area contributed by atoms with Gasteiger partial charge in [0.05, 0.1) is 19.9 Å². The Bertz CT molecular complexity index is 764. The molecule has 0 atom stereocenters. The molecule has 2 aromatic rings. The highest BCUT2D eigenvalue weighted by molar-refractivity contribution is 7.99. The van der Waals surface area contributed by atoms with Gasteiger partial charge in [0.15, 0.2) is 11.7 Å². The van der Waals surface area contributed by atoms with Gasteiger partial charge in [0.2, 0.25) is 0 Å². The maximum absolute atomic E-state index is 12.2. The van der Waals surface area contributed by atoms with Crippen LogP contribution in [0.5, 0.6) is 0 Å². The molecule has 3 rings (SSSR count). The third-order valence-corrected chi connectivity index (χ3v) is 4.79. The summed E-state index contributed by atoms with van der Waals surface area (Å²) in [6, 6.07) is 9.44. The Hall–Kier alpha value is -2.41. The van der Waals surface area contributed by atoms with Gasteiger partial charge in [-0.25, -0.2) is 9.97 Å². The topological polar surface area (TPSA) is 78.4 Å². The van der Waals surface area contributed by atoms with Gasteiger partial charge in [-0.05, 0) is 6.42 Å². The van der Waals surface area contributed by atoms with Crippen LogP contribution < -0.4 is 0 Å². The van der Waals surface area contributed by atoms with E-state index >= 15 is 0 Å². The van der Waals surface area contributed by atoms with Crippen LogP contribution in [0.3, 0.4) is 0 Å². The van der Waals surface area contributed by atoms with E-state index in [2.05, 4.69) is 9.97 Å². The molecule has 124 valence electrons. The summed E-state index contributed by atoms with van der Waals surface area (Å²) in [6.07, 6.45) is 0.703. The van der Waals surface area contributed by atoms with Crippen LogP contribution in [0.15, 0.2) is 35.4 Å². The molecular weight excluding hydrogens is 328 g/mol. The summed E-state index contributed by atoms with van der Waals surface area (Å²) in [5.74, 6) is -1.24. The SMILES string of the molecule is COC(=O)C(C(=O)OC)c1nc(-c2ccccc2)nc2c1CCS2. The number of carbonyl (C=O) groups is 2. The van der Waals surface area contributed by atoms with Gasteiger partial charge in [-0.15, -0.1) is 11.8 Å². The van der Waals surface area contributed by atoms with Gasteiger partial charge in [-0.3, -0.25) is 9.59 Å². The summed E-state index contributed by atoms with van der Waals surface area (Å²) in [6.45, 7) is 0. The van der Waals surface area contributed by atoms with E-state index in [-0.39, 0.29) is 0 Å². The second-order valence-corrected chi connectivity index (χ2v) is 6.24. The monoisotopic (exact) mass is 344 g/mol. The summed E-state index contributed by atoms with van der Waals surface area (Å²) in [5.41, 5.74) is 2.02. The second kappa shape index (κ2) is 7.00. The molecule has 0 N–H and O–H groups in total. The van der Waals surface area contributed by atoms with Crippen LogP contribution in [0.2, 0.25) is 0 Å². The van der Waals surface area contributed by atoms with Gasteiger partial charge < -0.3 is 9.47 Å². The average molecular weight is 344 g/mol. The van der Waals surface area contributed by atoms with Crippen LogP contribution in [0.4, 0.5) is 0 Å². The lowest BCUT2D eigenvalue weighted by Gasteiger charge is -2.16. The molecule has 0 amide bonds. The molecule has 0 saturated heterocycles. The molecule has 1 aromatic heterocycles. The van der Waals surface area contributed by atoms with E-state index < -0.39 is 17.9 Å². The Morgan fingerprint density at radius 1 is 1.08 bits per heavy atom. The Kier molecular flexibility index (Phi) is 4.80. The Labute approximate surface area is 143 Å².